The predicted molar refractivity (Wildman–Crippen MR) is 123 cm³/mol. The van der Waals surface area contributed by atoms with Crippen LogP contribution >= 0.6 is 0 Å². The van der Waals surface area contributed by atoms with Gasteiger partial charge in [0, 0.05) is 36.3 Å². The molecule has 1 fully saturated rings. The largest absolute Gasteiger partial charge is 0.507 e. The second kappa shape index (κ2) is 8.90. The van der Waals surface area contributed by atoms with Crippen LogP contribution in [0.15, 0.2) is 47.6 Å². The van der Waals surface area contributed by atoms with Crippen LogP contribution in [0.1, 0.15) is 63.6 Å². The number of hydrogen-bond acceptors (Lipinski definition) is 4. The number of amides is 1. The highest BCUT2D eigenvalue weighted by Crippen LogP contribution is 2.47. The Hall–Kier alpha value is -2.82. The van der Waals surface area contributed by atoms with Crippen molar-refractivity contribution in [3.63, 3.8) is 0 Å². The van der Waals surface area contributed by atoms with E-state index in [0.29, 0.717) is 5.56 Å². The van der Waals surface area contributed by atoms with Gasteiger partial charge < -0.3 is 10.0 Å². The molecule has 160 valence electrons. The van der Waals surface area contributed by atoms with Crippen molar-refractivity contribution in [2.45, 2.75) is 52.4 Å². The Labute approximate surface area is 179 Å². The van der Waals surface area contributed by atoms with E-state index in [1.165, 1.54) is 17.3 Å². The van der Waals surface area contributed by atoms with E-state index in [1.54, 1.807) is 6.07 Å². The van der Waals surface area contributed by atoms with Crippen LogP contribution in [-0.2, 0) is 10.2 Å². The number of nitrogens with one attached hydrogen (secondary N) is 1. The van der Waals surface area contributed by atoms with Gasteiger partial charge in [-0.1, -0.05) is 45.0 Å². The monoisotopic (exact) mass is 407 g/mol. The molecule has 1 amide bonds. The number of hydrazone groups is 1. The zero-order valence-electron chi connectivity index (χ0n) is 18.6. The third kappa shape index (κ3) is 5.02. The minimum absolute atomic E-state index is 0.0405. The highest BCUT2D eigenvalue weighted by atomic mass is 16.3. The van der Waals surface area contributed by atoms with Crippen LogP contribution < -0.4 is 10.3 Å². The summed E-state index contributed by atoms with van der Waals surface area (Å²) >= 11 is 0. The number of phenols is 1. The number of phenolic OH excluding ortho intramolecular Hbond substituents is 1. The zero-order chi connectivity index (χ0) is 21.9. The maximum absolute atomic E-state index is 12.4. The van der Waals surface area contributed by atoms with Crippen molar-refractivity contribution >= 4 is 17.8 Å². The number of aromatic hydroxyl groups is 1. The van der Waals surface area contributed by atoms with Gasteiger partial charge in [0.1, 0.15) is 5.75 Å². The molecule has 5 nitrogen and oxygen atoms in total. The fourth-order valence-electron chi connectivity index (χ4n) is 3.76. The molecular formula is C25H33N3O2. The molecule has 0 aliphatic heterocycles. The first kappa shape index (κ1) is 21.9. The molecule has 0 saturated heterocycles. The van der Waals surface area contributed by atoms with Gasteiger partial charge in [-0.05, 0) is 54.9 Å². The van der Waals surface area contributed by atoms with Gasteiger partial charge in [-0.2, -0.15) is 5.10 Å². The molecule has 0 bridgehead atoms. The minimum Gasteiger partial charge on any atom is -0.507 e. The summed E-state index contributed by atoms with van der Waals surface area (Å²) in [4.78, 5) is 14.6. The first-order chi connectivity index (χ1) is 14.2. The van der Waals surface area contributed by atoms with Gasteiger partial charge >= 0.3 is 0 Å². The van der Waals surface area contributed by atoms with E-state index in [-0.39, 0.29) is 28.9 Å². The molecule has 0 unspecified atom stereocenters. The van der Waals surface area contributed by atoms with Gasteiger partial charge in [-0.3, -0.25) is 4.79 Å². The number of hydrogen-bond donors (Lipinski definition) is 2. The number of benzene rings is 2. The third-order valence-corrected chi connectivity index (χ3v) is 5.85. The van der Waals surface area contributed by atoms with E-state index in [4.69, 9.17) is 0 Å². The van der Waals surface area contributed by atoms with Crippen molar-refractivity contribution in [2.24, 2.45) is 11.0 Å². The smallest absolute Gasteiger partial charge is 0.243 e. The summed E-state index contributed by atoms with van der Waals surface area (Å²) in [5, 5.41) is 14.3. The average molecular weight is 408 g/mol. The topological polar surface area (TPSA) is 64.9 Å². The first-order valence-electron chi connectivity index (χ1n) is 10.8. The van der Waals surface area contributed by atoms with Gasteiger partial charge in [0.05, 0.1) is 6.21 Å². The molecule has 0 heterocycles. The van der Waals surface area contributed by atoms with E-state index in [9.17, 15) is 9.90 Å². The van der Waals surface area contributed by atoms with Crippen LogP contribution in [0.5, 0.6) is 5.75 Å². The Kier molecular flexibility index (Phi) is 6.49. The Bertz CT molecular complexity index is 909. The van der Waals surface area contributed by atoms with Crippen molar-refractivity contribution in [3.8, 4) is 5.75 Å². The summed E-state index contributed by atoms with van der Waals surface area (Å²) in [6.07, 6.45) is 2.34. The van der Waals surface area contributed by atoms with Crippen molar-refractivity contribution in [3.05, 3.63) is 59.2 Å². The highest BCUT2D eigenvalue weighted by molar-refractivity contribution is 5.87. The van der Waals surface area contributed by atoms with Gasteiger partial charge in [-0.25, -0.2) is 5.43 Å². The molecular weight excluding hydrogens is 374 g/mol. The second-order valence-electron chi connectivity index (χ2n) is 8.97. The van der Waals surface area contributed by atoms with Crippen molar-refractivity contribution in [2.75, 3.05) is 18.0 Å². The Balaban J connectivity index is 1.56. The van der Waals surface area contributed by atoms with Gasteiger partial charge in [-0.15, -0.1) is 0 Å². The van der Waals surface area contributed by atoms with Crippen LogP contribution in [0.3, 0.4) is 0 Å². The van der Waals surface area contributed by atoms with Crippen molar-refractivity contribution in [1.82, 2.24) is 5.43 Å². The standard InChI is InChI=1S/C25H33N3O2/c1-6-28(7-2)20-13-10-18(23(29)14-20)16-26-27-24(30)22-15-21(22)17-8-11-19(12-9-17)25(3,4)5/h8-14,16,21-22,29H,6-7,15H2,1-5H3,(H,27,30)/t21-,22-/m1/s1. The maximum atomic E-state index is 12.4. The van der Waals surface area contributed by atoms with Crippen molar-refractivity contribution < 1.29 is 9.90 Å². The van der Waals surface area contributed by atoms with Crippen LogP contribution in [0.4, 0.5) is 5.69 Å². The highest BCUT2D eigenvalue weighted by Gasteiger charge is 2.44. The molecule has 1 aliphatic rings. The quantitative estimate of drug-likeness (QED) is 0.512. The lowest BCUT2D eigenvalue weighted by Gasteiger charge is -2.21. The van der Waals surface area contributed by atoms with Crippen LogP contribution in [0.25, 0.3) is 0 Å². The second-order valence-corrected chi connectivity index (χ2v) is 8.97. The Morgan fingerprint density at radius 3 is 2.40 bits per heavy atom. The molecule has 2 atom stereocenters. The number of carbonyl (C=O) groups excluding carboxylic acids is 1. The summed E-state index contributed by atoms with van der Waals surface area (Å²) in [7, 11) is 0. The summed E-state index contributed by atoms with van der Waals surface area (Å²) in [5.41, 5.74) is 6.80. The summed E-state index contributed by atoms with van der Waals surface area (Å²) < 4.78 is 0. The lowest BCUT2D eigenvalue weighted by molar-refractivity contribution is -0.122. The summed E-state index contributed by atoms with van der Waals surface area (Å²) in [5.74, 6) is 0.299. The van der Waals surface area contributed by atoms with E-state index in [0.717, 1.165) is 25.2 Å². The van der Waals surface area contributed by atoms with Gasteiger partial charge in [0.15, 0.2) is 0 Å². The fourth-order valence-corrected chi connectivity index (χ4v) is 3.76. The first-order valence-corrected chi connectivity index (χ1v) is 10.8. The predicted octanol–water partition coefficient (Wildman–Crippen LogP) is 4.79. The fraction of sp³-hybridized carbons (Fsp3) is 0.440. The number of anilines is 1. The van der Waals surface area contributed by atoms with Crippen LogP contribution in [-0.4, -0.2) is 30.3 Å². The number of rotatable bonds is 7. The molecule has 0 aromatic heterocycles. The van der Waals surface area contributed by atoms with E-state index >= 15 is 0 Å². The summed E-state index contributed by atoms with van der Waals surface area (Å²) in [6.45, 7) is 12.5. The van der Waals surface area contributed by atoms with Gasteiger partial charge in [0.2, 0.25) is 5.91 Å². The Morgan fingerprint density at radius 2 is 1.83 bits per heavy atom. The maximum Gasteiger partial charge on any atom is 0.243 e. The van der Waals surface area contributed by atoms with Crippen molar-refractivity contribution in [1.29, 1.82) is 0 Å². The molecule has 2 aromatic carbocycles. The molecule has 1 aliphatic carbocycles. The van der Waals surface area contributed by atoms with Crippen LogP contribution in [0.2, 0.25) is 0 Å². The van der Waals surface area contributed by atoms with Gasteiger partial charge in [0.25, 0.3) is 0 Å². The lowest BCUT2D eigenvalue weighted by Crippen LogP contribution is -2.21. The third-order valence-electron chi connectivity index (χ3n) is 5.85. The van der Waals surface area contributed by atoms with Crippen LogP contribution in [0, 0.1) is 5.92 Å². The molecule has 2 aromatic rings. The van der Waals surface area contributed by atoms with E-state index in [1.807, 2.05) is 12.1 Å². The van der Waals surface area contributed by atoms with E-state index < -0.39 is 0 Å². The lowest BCUT2D eigenvalue weighted by atomic mass is 9.86. The molecule has 5 heteroatoms. The molecule has 0 spiro atoms. The zero-order valence-corrected chi connectivity index (χ0v) is 18.6. The minimum atomic E-state index is -0.0737. The SMILES string of the molecule is CCN(CC)c1ccc(C=NNC(=O)[C@@H]2C[C@@H]2c2ccc(C(C)(C)C)cc2)c(O)c1. The molecule has 3 rings (SSSR count). The average Bonchev–Trinajstić information content (AvgIpc) is 3.51. The molecule has 30 heavy (non-hydrogen) atoms. The van der Waals surface area contributed by atoms with E-state index in [2.05, 4.69) is 74.3 Å². The summed E-state index contributed by atoms with van der Waals surface area (Å²) in [6, 6.07) is 14.1. The normalized spacial score (nSPS) is 18.4. The Morgan fingerprint density at radius 1 is 1.17 bits per heavy atom. The number of carbonyl (C=O) groups is 1. The molecule has 0 radical (unpaired) electrons. The molecule has 1 saturated carbocycles. The molecule has 2 N–H and O–H groups in total. The number of nitrogens with zero attached hydrogens (tertiary/aromatic N) is 2.